The Morgan fingerprint density at radius 2 is 1.86 bits per heavy atom. The molecule has 28 heavy (non-hydrogen) atoms. The summed E-state index contributed by atoms with van der Waals surface area (Å²) in [6.07, 6.45) is -4.62. The number of rotatable bonds is 3. The van der Waals surface area contributed by atoms with Crippen molar-refractivity contribution in [3.8, 4) is 0 Å². The molecule has 2 aromatic carbocycles. The van der Waals surface area contributed by atoms with E-state index in [4.69, 9.17) is 4.74 Å². The minimum absolute atomic E-state index is 0.0543. The van der Waals surface area contributed by atoms with Gasteiger partial charge in [-0.2, -0.15) is 13.2 Å². The minimum Gasteiger partial charge on any atom is -0.462 e. The van der Waals surface area contributed by atoms with Gasteiger partial charge in [-0.1, -0.05) is 38.1 Å². The molecule has 0 aromatic heterocycles. The second-order valence-electron chi connectivity index (χ2n) is 7.16. The number of aliphatic imine (C=N–C) groups is 1. The number of hydrogen-bond donors (Lipinski definition) is 0. The van der Waals surface area contributed by atoms with E-state index in [1.165, 1.54) is 24.3 Å². The van der Waals surface area contributed by atoms with Crippen LogP contribution in [0, 0.1) is 5.82 Å². The number of esters is 1. The molecule has 0 N–H and O–H groups in total. The van der Waals surface area contributed by atoms with Gasteiger partial charge in [0.2, 0.25) is 0 Å². The Bertz CT molecular complexity index is 961. The predicted molar refractivity (Wildman–Crippen MR) is 97.3 cm³/mol. The fourth-order valence-electron chi connectivity index (χ4n) is 3.34. The third-order valence-corrected chi connectivity index (χ3v) is 4.72. The third-order valence-electron chi connectivity index (χ3n) is 4.72. The number of nitrogens with zero attached hydrogens (tertiary/aromatic N) is 1. The molecule has 0 aliphatic carbocycles. The summed E-state index contributed by atoms with van der Waals surface area (Å²) in [6.45, 7) is 5.48. The van der Waals surface area contributed by atoms with Gasteiger partial charge in [0.25, 0.3) is 0 Å². The lowest BCUT2D eigenvalue weighted by atomic mass is 9.76. The summed E-state index contributed by atoms with van der Waals surface area (Å²) in [7, 11) is 0. The Balaban J connectivity index is 2.28. The van der Waals surface area contributed by atoms with Gasteiger partial charge in [-0.25, -0.2) is 9.18 Å². The number of fused-ring (bicyclic) bond motifs is 1. The molecule has 1 aliphatic heterocycles. The molecule has 3 rings (SSSR count). The lowest BCUT2D eigenvalue weighted by Gasteiger charge is -2.32. The molecule has 0 unspecified atom stereocenters. The molecule has 1 heterocycles. The van der Waals surface area contributed by atoms with Crippen molar-refractivity contribution in [1.29, 1.82) is 0 Å². The number of benzene rings is 2. The Labute approximate surface area is 160 Å². The topological polar surface area (TPSA) is 38.7 Å². The zero-order chi connectivity index (χ0) is 20.7. The van der Waals surface area contributed by atoms with Gasteiger partial charge in [-0.05, 0) is 24.6 Å². The van der Waals surface area contributed by atoms with Crippen LogP contribution in [0.4, 0.5) is 17.6 Å². The van der Waals surface area contributed by atoms with Gasteiger partial charge in [-0.3, -0.25) is 4.99 Å². The normalized spacial score (nSPS) is 15.6. The standard InChI is InChI=1S/C21H19F4NO2/c1-4-28-19(27)13-9-10-15-16(17(13)22)18(26-11-20(15,2)3)12-7-5-6-8-14(12)21(23,24)25/h5-10H,4,11H2,1-3H3. The first kappa shape index (κ1) is 20.0. The van der Waals surface area contributed by atoms with E-state index in [0.29, 0.717) is 5.56 Å². The van der Waals surface area contributed by atoms with Crippen LogP contribution in [-0.4, -0.2) is 24.8 Å². The van der Waals surface area contributed by atoms with Crippen molar-refractivity contribution < 1.29 is 27.1 Å². The van der Waals surface area contributed by atoms with Crippen molar-refractivity contribution in [2.75, 3.05) is 13.2 Å². The van der Waals surface area contributed by atoms with Crippen LogP contribution in [0.1, 0.15) is 53.4 Å². The maximum atomic E-state index is 15.4. The monoisotopic (exact) mass is 393 g/mol. The summed E-state index contributed by atoms with van der Waals surface area (Å²) >= 11 is 0. The second kappa shape index (κ2) is 7.04. The number of ether oxygens (including phenoxy) is 1. The van der Waals surface area contributed by atoms with Crippen molar-refractivity contribution >= 4 is 11.7 Å². The summed E-state index contributed by atoms with van der Waals surface area (Å²) in [6, 6.07) is 7.79. The van der Waals surface area contributed by atoms with Crippen LogP contribution >= 0.6 is 0 Å². The highest BCUT2D eigenvalue weighted by Crippen LogP contribution is 2.39. The SMILES string of the molecule is CCOC(=O)c1ccc2c(c1F)C(c1ccccc1C(F)(F)F)=NCC2(C)C. The average Bonchev–Trinajstić information content (AvgIpc) is 2.62. The number of hydrogen-bond acceptors (Lipinski definition) is 3. The van der Waals surface area contributed by atoms with E-state index in [-0.39, 0.29) is 35.6 Å². The van der Waals surface area contributed by atoms with Crippen LogP contribution in [0.25, 0.3) is 0 Å². The zero-order valence-electron chi connectivity index (χ0n) is 15.7. The predicted octanol–water partition coefficient (Wildman–Crippen LogP) is 5.15. The summed E-state index contributed by atoms with van der Waals surface area (Å²) in [5, 5.41) is 0. The molecule has 0 bridgehead atoms. The molecule has 0 spiro atoms. The van der Waals surface area contributed by atoms with Crippen molar-refractivity contribution in [2.24, 2.45) is 4.99 Å². The molecule has 7 heteroatoms. The van der Waals surface area contributed by atoms with Gasteiger partial charge in [0.1, 0.15) is 5.82 Å². The van der Waals surface area contributed by atoms with Gasteiger partial charge in [0.15, 0.2) is 0 Å². The van der Waals surface area contributed by atoms with Crippen LogP contribution in [0.3, 0.4) is 0 Å². The van der Waals surface area contributed by atoms with Crippen LogP contribution in [-0.2, 0) is 16.3 Å². The number of halogens is 4. The van der Waals surface area contributed by atoms with Crippen LogP contribution in [0.15, 0.2) is 41.4 Å². The Morgan fingerprint density at radius 1 is 1.18 bits per heavy atom. The van der Waals surface area contributed by atoms with Crippen molar-refractivity contribution in [3.63, 3.8) is 0 Å². The fourth-order valence-corrected chi connectivity index (χ4v) is 3.34. The lowest BCUT2D eigenvalue weighted by molar-refractivity contribution is -0.137. The van der Waals surface area contributed by atoms with Gasteiger partial charge in [-0.15, -0.1) is 0 Å². The highest BCUT2D eigenvalue weighted by Gasteiger charge is 2.39. The molecule has 0 radical (unpaired) electrons. The van der Waals surface area contributed by atoms with Crippen molar-refractivity contribution in [2.45, 2.75) is 32.4 Å². The maximum absolute atomic E-state index is 15.4. The third kappa shape index (κ3) is 3.41. The summed E-state index contributed by atoms with van der Waals surface area (Å²) in [5.74, 6) is -1.78. The van der Waals surface area contributed by atoms with E-state index in [1.54, 1.807) is 13.0 Å². The van der Waals surface area contributed by atoms with Crippen molar-refractivity contribution in [1.82, 2.24) is 0 Å². The Hall–Kier alpha value is -2.70. The molecule has 0 atom stereocenters. The van der Waals surface area contributed by atoms with E-state index < -0.39 is 28.9 Å². The molecule has 0 saturated carbocycles. The van der Waals surface area contributed by atoms with E-state index in [2.05, 4.69) is 4.99 Å². The summed E-state index contributed by atoms with van der Waals surface area (Å²) in [4.78, 5) is 16.4. The fraction of sp³-hybridized carbons (Fsp3) is 0.333. The van der Waals surface area contributed by atoms with E-state index >= 15 is 4.39 Å². The van der Waals surface area contributed by atoms with Crippen LogP contribution in [0.2, 0.25) is 0 Å². The Kier molecular flexibility index (Phi) is 5.04. The van der Waals surface area contributed by atoms with E-state index in [1.807, 2.05) is 13.8 Å². The van der Waals surface area contributed by atoms with E-state index in [9.17, 15) is 18.0 Å². The second-order valence-corrected chi connectivity index (χ2v) is 7.16. The first-order valence-electron chi connectivity index (χ1n) is 8.79. The summed E-state index contributed by atoms with van der Waals surface area (Å²) in [5.41, 5.74) is -1.73. The molecular weight excluding hydrogens is 374 g/mol. The molecule has 148 valence electrons. The Morgan fingerprint density at radius 3 is 2.50 bits per heavy atom. The van der Waals surface area contributed by atoms with Gasteiger partial charge in [0, 0.05) is 23.1 Å². The van der Waals surface area contributed by atoms with Crippen LogP contribution < -0.4 is 0 Å². The molecule has 2 aromatic rings. The van der Waals surface area contributed by atoms with Gasteiger partial charge in [0.05, 0.1) is 23.4 Å². The summed E-state index contributed by atoms with van der Waals surface area (Å²) < 4.78 is 60.8. The van der Waals surface area contributed by atoms with E-state index in [0.717, 1.165) is 6.07 Å². The quantitative estimate of drug-likeness (QED) is 0.534. The molecule has 3 nitrogen and oxygen atoms in total. The first-order valence-corrected chi connectivity index (χ1v) is 8.79. The highest BCUT2D eigenvalue weighted by atomic mass is 19.4. The highest BCUT2D eigenvalue weighted by molar-refractivity contribution is 6.16. The molecule has 0 fully saturated rings. The molecule has 1 aliphatic rings. The lowest BCUT2D eigenvalue weighted by Crippen LogP contribution is -2.32. The maximum Gasteiger partial charge on any atom is 0.417 e. The molecular formula is C21H19F4NO2. The number of carbonyl (C=O) groups excluding carboxylic acids is 1. The molecule has 0 saturated heterocycles. The van der Waals surface area contributed by atoms with Crippen molar-refractivity contribution in [3.05, 3.63) is 70.0 Å². The first-order chi connectivity index (χ1) is 13.1. The van der Waals surface area contributed by atoms with Crippen LogP contribution in [0.5, 0.6) is 0 Å². The smallest absolute Gasteiger partial charge is 0.417 e. The average molecular weight is 393 g/mol. The number of alkyl halides is 3. The van der Waals surface area contributed by atoms with Gasteiger partial charge >= 0.3 is 12.1 Å². The largest absolute Gasteiger partial charge is 0.462 e. The molecule has 0 amide bonds. The number of carbonyl (C=O) groups is 1. The van der Waals surface area contributed by atoms with Gasteiger partial charge < -0.3 is 4.74 Å². The minimum atomic E-state index is -4.62. The zero-order valence-corrected chi connectivity index (χ0v) is 15.7.